The van der Waals surface area contributed by atoms with Gasteiger partial charge in [-0.3, -0.25) is 4.79 Å². The molecule has 0 radical (unpaired) electrons. The van der Waals surface area contributed by atoms with E-state index in [0.29, 0.717) is 28.1 Å². The Morgan fingerprint density at radius 2 is 1.92 bits per heavy atom. The predicted molar refractivity (Wildman–Crippen MR) is 100 cm³/mol. The standard InChI is InChI=1S/C18H20Cl2N4O/c19-14-5-4-13(15(20)10-14)6-7-21-17-11-16(22-12-23-17)18(25)24-8-2-1-3-9-24/h4-5,10-12H,1-3,6-9H2,(H,21,22,23). The molecule has 1 aromatic carbocycles. The van der Waals surface area contributed by atoms with Crippen LogP contribution in [0.3, 0.4) is 0 Å². The number of aromatic nitrogens is 2. The third-order valence-corrected chi connectivity index (χ3v) is 4.83. The molecule has 1 fully saturated rings. The van der Waals surface area contributed by atoms with Crippen molar-refractivity contribution in [1.82, 2.24) is 14.9 Å². The fourth-order valence-corrected chi connectivity index (χ4v) is 3.38. The van der Waals surface area contributed by atoms with Crippen LogP contribution in [-0.2, 0) is 6.42 Å². The van der Waals surface area contributed by atoms with E-state index < -0.39 is 0 Å². The van der Waals surface area contributed by atoms with Crippen LogP contribution in [-0.4, -0.2) is 40.4 Å². The lowest BCUT2D eigenvalue weighted by atomic mass is 10.1. The summed E-state index contributed by atoms with van der Waals surface area (Å²) in [7, 11) is 0. The summed E-state index contributed by atoms with van der Waals surface area (Å²) in [4.78, 5) is 22.7. The lowest BCUT2D eigenvalue weighted by Crippen LogP contribution is -2.36. The molecule has 132 valence electrons. The molecular weight excluding hydrogens is 359 g/mol. The fraction of sp³-hybridized carbons (Fsp3) is 0.389. The van der Waals surface area contributed by atoms with Crippen LogP contribution in [0.15, 0.2) is 30.6 Å². The highest BCUT2D eigenvalue weighted by atomic mass is 35.5. The maximum Gasteiger partial charge on any atom is 0.272 e. The van der Waals surface area contributed by atoms with Gasteiger partial charge in [0.25, 0.3) is 5.91 Å². The molecule has 0 bridgehead atoms. The molecule has 1 aliphatic heterocycles. The summed E-state index contributed by atoms with van der Waals surface area (Å²) in [6.07, 6.45) is 5.46. The molecule has 0 atom stereocenters. The van der Waals surface area contributed by atoms with Gasteiger partial charge in [0.1, 0.15) is 17.8 Å². The van der Waals surface area contributed by atoms with Crippen molar-refractivity contribution in [1.29, 1.82) is 0 Å². The Hall–Kier alpha value is -1.85. The molecule has 1 saturated heterocycles. The summed E-state index contributed by atoms with van der Waals surface area (Å²) in [5, 5.41) is 4.49. The third kappa shape index (κ3) is 4.83. The highest BCUT2D eigenvalue weighted by Gasteiger charge is 2.19. The minimum atomic E-state index is -0.0223. The number of amides is 1. The Bertz CT molecular complexity index is 748. The predicted octanol–water partition coefficient (Wildman–Crippen LogP) is 4.06. The average Bonchev–Trinajstić information content (AvgIpc) is 2.64. The van der Waals surface area contributed by atoms with Crippen molar-refractivity contribution >= 4 is 34.9 Å². The van der Waals surface area contributed by atoms with E-state index >= 15 is 0 Å². The van der Waals surface area contributed by atoms with Crippen molar-refractivity contribution in [3.63, 3.8) is 0 Å². The van der Waals surface area contributed by atoms with E-state index in [1.54, 1.807) is 12.1 Å². The lowest BCUT2D eigenvalue weighted by Gasteiger charge is -2.26. The Morgan fingerprint density at radius 3 is 2.68 bits per heavy atom. The first kappa shape index (κ1) is 18.0. The Balaban J connectivity index is 1.58. The summed E-state index contributed by atoms with van der Waals surface area (Å²) < 4.78 is 0. The number of benzene rings is 1. The number of halogens is 2. The molecule has 5 nitrogen and oxygen atoms in total. The molecule has 1 aromatic heterocycles. The highest BCUT2D eigenvalue weighted by molar-refractivity contribution is 6.35. The van der Waals surface area contributed by atoms with E-state index in [2.05, 4.69) is 15.3 Å². The largest absolute Gasteiger partial charge is 0.370 e. The van der Waals surface area contributed by atoms with Crippen LogP contribution in [0.25, 0.3) is 0 Å². The minimum absolute atomic E-state index is 0.0223. The first-order chi connectivity index (χ1) is 12.1. The zero-order valence-electron chi connectivity index (χ0n) is 13.8. The van der Waals surface area contributed by atoms with Gasteiger partial charge in [-0.2, -0.15) is 0 Å². The summed E-state index contributed by atoms with van der Waals surface area (Å²) in [5.41, 5.74) is 1.45. The molecule has 25 heavy (non-hydrogen) atoms. The number of likely N-dealkylation sites (tertiary alicyclic amines) is 1. The monoisotopic (exact) mass is 378 g/mol. The Labute approximate surface area is 157 Å². The number of carbonyl (C=O) groups excluding carboxylic acids is 1. The first-order valence-corrected chi connectivity index (χ1v) is 9.18. The second kappa shape index (κ2) is 8.50. The van der Waals surface area contributed by atoms with Crippen LogP contribution in [0, 0.1) is 0 Å². The SMILES string of the molecule is O=C(c1cc(NCCc2ccc(Cl)cc2Cl)ncn1)N1CCCCC1. The van der Waals surface area contributed by atoms with Crippen LogP contribution in [0.2, 0.25) is 10.0 Å². The molecular formula is C18H20Cl2N4O. The van der Waals surface area contributed by atoms with Gasteiger partial charge in [0.05, 0.1) is 0 Å². The zero-order chi connectivity index (χ0) is 17.6. The van der Waals surface area contributed by atoms with Crippen LogP contribution in [0.5, 0.6) is 0 Å². The van der Waals surface area contributed by atoms with Crippen LogP contribution in [0.4, 0.5) is 5.82 Å². The van der Waals surface area contributed by atoms with E-state index in [4.69, 9.17) is 23.2 Å². The van der Waals surface area contributed by atoms with Crippen molar-refractivity contribution in [3.05, 3.63) is 51.9 Å². The first-order valence-electron chi connectivity index (χ1n) is 8.42. The second-order valence-corrected chi connectivity index (χ2v) is 6.90. The molecule has 1 aliphatic rings. The van der Waals surface area contributed by atoms with Crippen LogP contribution in [0.1, 0.15) is 35.3 Å². The molecule has 1 N–H and O–H groups in total. The summed E-state index contributed by atoms with van der Waals surface area (Å²) in [6, 6.07) is 7.18. The maximum absolute atomic E-state index is 12.5. The minimum Gasteiger partial charge on any atom is -0.370 e. The van der Waals surface area contributed by atoms with Crippen molar-refractivity contribution in [3.8, 4) is 0 Å². The van der Waals surface area contributed by atoms with Crippen molar-refractivity contribution in [2.45, 2.75) is 25.7 Å². The van der Waals surface area contributed by atoms with Crippen molar-refractivity contribution in [2.75, 3.05) is 25.0 Å². The maximum atomic E-state index is 12.5. The second-order valence-electron chi connectivity index (χ2n) is 6.05. The number of carbonyl (C=O) groups is 1. The number of anilines is 1. The van der Waals surface area contributed by atoms with E-state index in [0.717, 1.165) is 37.9 Å². The molecule has 0 unspecified atom stereocenters. The zero-order valence-corrected chi connectivity index (χ0v) is 15.4. The Morgan fingerprint density at radius 1 is 1.12 bits per heavy atom. The van der Waals surface area contributed by atoms with E-state index in [-0.39, 0.29) is 5.91 Å². The number of rotatable bonds is 5. The highest BCUT2D eigenvalue weighted by Crippen LogP contribution is 2.21. The summed E-state index contributed by atoms with van der Waals surface area (Å²) in [6.45, 7) is 2.26. The normalized spacial score (nSPS) is 14.4. The van der Waals surface area contributed by atoms with Crippen molar-refractivity contribution in [2.24, 2.45) is 0 Å². The smallest absolute Gasteiger partial charge is 0.272 e. The van der Waals surface area contributed by atoms with Crippen LogP contribution < -0.4 is 5.32 Å². The van der Waals surface area contributed by atoms with Gasteiger partial charge in [-0.05, 0) is 43.4 Å². The molecule has 2 heterocycles. The molecule has 0 saturated carbocycles. The Kier molecular flexibility index (Phi) is 6.10. The molecule has 0 spiro atoms. The molecule has 7 heteroatoms. The molecule has 0 aliphatic carbocycles. The number of hydrogen-bond acceptors (Lipinski definition) is 4. The van der Waals surface area contributed by atoms with Gasteiger partial charge in [-0.1, -0.05) is 29.3 Å². The van der Waals surface area contributed by atoms with E-state index in [1.807, 2.05) is 17.0 Å². The third-order valence-electron chi connectivity index (χ3n) is 4.25. The molecule has 1 amide bonds. The number of nitrogens with one attached hydrogen (secondary N) is 1. The van der Waals surface area contributed by atoms with Gasteiger partial charge in [-0.25, -0.2) is 9.97 Å². The average molecular weight is 379 g/mol. The number of nitrogens with zero attached hydrogens (tertiary/aromatic N) is 3. The van der Waals surface area contributed by atoms with Gasteiger partial charge in [-0.15, -0.1) is 0 Å². The number of hydrogen-bond donors (Lipinski definition) is 1. The fourth-order valence-electron chi connectivity index (χ4n) is 2.88. The molecule has 2 aromatic rings. The van der Waals surface area contributed by atoms with E-state index in [1.165, 1.54) is 12.7 Å². The molecule has 3 rings (SSSR count). The van der Waals surface area contributed by atoms with Gasteiger partial charge in [0, 0.05) is 35.7 Å². The number of piperidine rings is 1. The summed E-state index contributed by atoms with van der Waals surface area (Å²) >= 11 is 12.1. The van der Waals surface area contributed by atoms with Gasteiger partial charge < -0.3 is 10.2 Å². The quantitative estimate of drug-likeness (QED) is 0.851. The van der Waals surface area contributed by atoms with Crippen molar-refractivity contribution < 1.29 is 4.79 Å². The summed E-state index contributed by atoms with van der Waals surface area (Å²) in [5.74, 6) is 0.617. The van der Waals surface area contributed by atoms with Gasteiger partial charge >= 0.3 is 0 Å². The topological polar surface area (TPSA) is 58.1 Å². The lowest BCUT2D eigenvalue weighted by molar-refractivity contribution is 0.0718. The van der Waals surface area contributed by atoms with E-state index in [9.17, 15) is 4.79 Å². The van der Waals surface area contributed by atoms with Gasteiger partial charge in [0.2, 0.25) is 0 Å². The van der Waals surface area contributed by atoms with Gasteiger partial charge in [0.15, 0.2) is 0 Å². The van der Waals surface area contributed by atoms with Crippen LogP contribution >= 0.6 is 23.2 Å².